The molecule has 36 heavy (non-hydrogen) atoms. The Morgan fingerprint density at radius 2 is 1.81 bits per heavy atom. The van der Waals surface area contributed by atoms with Crippen LogP contribution in [0.2, 0.25) is 0 Å². The summed E-state index contributed by atoms with van der Waals surface area (Å²) in [5, 5.41) is 20.0. The molecule has 2 fully saturated rings. The first-order chi connectivity index (χ1) is 16.8. The van der Waals surface area contributed by atoms with E-state index in [0.717, 1.165) is 0 Å². The SMILES string of the molecule is C[C@](O)(c1ccc(N2CCN(S(=O)(=O)C3=CC=CCC3=S)C[C@@H]2CN2CC[C@@H](O)C2)cc1)C(F)(F)F. The minimum Gasteiger partial charge on any atom is -0.392 e. The van der Waals surface area contributed by atoms with Crippen molar-refractivity contribution in [3.05, 3.63) is 53.0 Å². The fourth-order valence-electron chi connectivity index (χ4n) is 4.85. The summed E-state index contributed by atoms with van der Waals surface area (Å²) in [6.45, 7) is 3.02. The van der Waals surface area contributed by atoms with E-state index in [-0.39, 0.29) is 29.6 Å². The minimum atomic E-state index is -4.82. The number of aliphatic hydroxyl groups excluding tert-OH is 1. The summed E-state index contributed by atoms with van der Waals surface area (Å²) in [6.07, 6.45) is 0.761. The van der Waals surface area contributed by atoms with Crippen molar-refractivity contribution in [2.45, 2.75) is 43.7 Å². The third-order valence-corrected chi connectivity index (χ3v) is 9.52. The monoisotopic (exact) mass is 545 g/mol. The molecule has 1 aromatic rings. The number of benzene rings is 1. The Bertz CT molecular complexity index is 1150. The Hall–Kier alpha value is -1.83. The van der Waals surface area contributed by atoms with Gasteiger partial charge in [0.1, 0.15) is 0 Å². The van der Waals surface area contributed by atoms with Crippen LogP contribution < -0.4 is 4.90 Å². The van der Waals surface area contributed by atoms with Gasteiger partial charge in [0.2, 0.25) is 10.0 Å². The molecule has 0 aromatic heterocycles. The zero-order valence-electron chi connectivity index (χ0n) is 19.9. The van der Waals surface area contributed by atoms with Crippen molar-refractivity contribution in [2.75, 3.05) is 44.2 Å². The molecule has 0 radical (unpaired) electrons. The first-order valence-electron chi connectivity index (χ1n) is 11.8. The Kier molecular flexibility index (Phi) is 7.67. The second-order valence-corrected chi connectivity index (χ2v) is 12.0. The smallest absolute Gasteiger partial charge is 0.392 e. The number of halogens is 3. The molecule has 2 heterocycles. The van der Waals surface area contributed by atoms with Crippen LogP contribution in [-0.4, -0.2) is 90.3 Å². The van der Waals surface area contributed by atoms with Crippen molar-refractivity contribution in [2.24, 2.45) is 0 Å². The predicted molar refractivity (Wildman–Crippen MR) is 135 cm³/mol. The fourth-order valence-corrected chi connectivity index (χ4v) is 6.92. The van der Waals surface area contributed by atoms with Gasteiger partial charge in [-0.2, -0.15) is 17.5 Å². The van der Waals surface area contributed by atoms with Gasteiger partial charge in [0, 0.05) is 56.2 Å². The summed E-state index contributed by atoms with van der Waals surface area (Å²) in [7, 11) is -3.81. The van der Waals surface area contributed by atoms with Crippen LogP contribution >= 0.6 is 12.2 Å². The van der Waals surface area contributed by atoms with Crippen LogP contribution in [0, 0.1) is 0 Å². The van der Waals surface area contributed by atoms with E-state index >= 15 is 0 Å². The molecule has 2 N–H and O–H groups in total. The summed E-state index contributed by atoms with van der Waals surface area (Å²) in [5.74, 6) is 0. The number of anilines is 1. The number of alkyl halides is 3. The van der Waals surface area contributed by atoms with Gasteiger partial charge in [0.05, 0.1) is 17.1 Å². The van der Waals surface area contributed by atoms with Crippen molar-refractivity contribution in [1.29, 1.82) is 0 Å². The molecule has 3 aliphatic rings. The Morgan fingerprint density at radius 3 is 2.39 bits per heavy atom. The van der Waals surface area contributed by atoms with Gasteiger partial charge in [-0.3, -0.25) is 4.90 Å². The second-order valence-electron chi connectivity index (χ2n) is 9.62. The van der Waals surface area contributed by atoms with Crippen LogP contribution in [-0.2, 0) is 15.6 Å². The number of rotatable bonds is 6. The highest BCUT2D eigenvalue weighted by molar-refractivity contribution is 7.96. The molecule has 1 aromatic carbocycles. The van der Waals surface area contributed by atoms with Gasteiger partial charge in [-0.1, -0.05) is 36.5 Å². The predicted octanol–water partition coefficient (Wildman–Crippen LogP) is 2.56. The number of likely N-dealkylation sites (tertiary alicyclic amines) is 1. The van der Waals surface area contributed by atoms with Crippen molar-refractivity contribution in [3.63, 3.8) is 0 Å². The van der Waals surface area contributed by atoms with E-state index in [1.807, 2.05) is 4.90 Å². The third kappa shape index (κ3) is 5.39. The van der Waals surface area contributed by atoms with E-state index in [9.17, 15) is 31.8 Å². The quantitative estimate of drug-likeness (QED) is 0.532. The topological polar surface area (TPSA) is 84.3 Å². The van der Waals surface area contributed by atoms with Crippen LogP contribution in [0.1, 0.15) is 25.3 Å². The van der Waals surface area contributed by atoms with E-state index in [4.69, 9.17) is 12.2 Å². The van der Waals surface area contributed by atoms with Gasteiger partial charge in [-0.25, -0.2) is 8.42 Å². The molecule has 0 unspecified atom stereocenters. The lowest BCUT2D eigenvalue weighted by Crippen LogP contribution is -2.58. The van der Waals surface area contributed by atoms with E-state index in [1.54, 1.807) is 12.2 Å². The van der Waals surface area contributed by atoms with Crippen LogP contribution in [0.3, 0.4) is 0 Å². The molecule has 0 amide bonds. The number of aliphatic hydroxyl groups is 2. The van der Waals surface area contributed by atoms with Crippen LogP contribution in [0.25, 0.3) is 0 Å². The first-order valence-corrected chi connectivity index (χ1v) is 13.6. The lowest BCUT2D eigenvalue weighted by Gasteiger charge is -2.44. The zero-order valence-corrected chi connectivity index (χ0v) is 21.5. The maximum Gasteiger partial charge on any atom is 0.421 e. The normalized spacial score (nSPS) is 26.2. The molecule has 1 aliphatic carbocycles. The van der Waals surface area contributed by atoms with Crippen molar-refractivity contribution < 1.29 is 31.8 Å². The number of hydrogen-bond donors (Lipinski definition) is 2. The maximum absolute atomic E-state index is 13.4. The molecule has 0 saturated carbocycles. The average Bonchev–Trinajstić information content (AvgIpc) is 3.23. The van der Waals surface area contributed by atoms with Gasteiger partial charge in [-0.05, 0) is 37.1 Å². The second kappa shape index (κ2) is 10.1. The van der Waals surface area contributed by atoms with Crippen LogP contribution in [0.4, 0.5) is 18.9 Å². The summed E-state index contributed by atoms with van der Waals surface area (Å²) >= 11 is 5.30. The van der Waals surface area contributed by atoms with E-state index in [2.05, 4.69) is 4.90 Å². The van der Waals surface area contributed by atoms with Crippen molar-refractivity contribution >= 4 is 32.8 Å². The fraction of sp³-hybridized carbons (Fsp3) is 0.542. The summed E-state index contributed by atoms with van der Waals surface area (Å²) in [4.78, 5) is 4.54. The van der Waals surface area contributed by atoms with E-state index < -0.39 is 27.9 Å². The number of β-amino-alcohol motifs (C(OH)–C–C–N with tert-alkyl or cyclic N) is 1. The summed E-state index contributed by atoms with van der Waals surface area (Å²) in [6, 6.07) is 5.24. The van der Waals surface area contributed by atoms with Crippen molar-refractivity contribution in [3.8, 4) is 0 Å². The highest BCUT2D eigenvalue weighted by atomic mass is 32.2. The Morgan fingerprint density at radius 1 is 1.11 bits per heavy atom. The molecular formula is C24H30F3N3O4S2. The number of piperazine rings is 1. The van der Waals surface area contributed by atoms with Gasteiger partial charge in [0.15, 0.2) is 5.60 Å². The van der Waals surface area contributed by atoms with E-state index in [1.165, 1.54) is 34.6 Å². The Labute approximate surface area is 214 Å². The molecule has 7 nitrogen and oxygen atoms in total. The number of sulfonamides is 1. The van der Waals surface area contributed by atoms with Gasteiger partial charge in [-0.15, -0.1) is 0 Å². The molecule has 2 saturated heterocycles. The lowest BCUT2D eigenvalue weighted by molar-refractivity contribution is -0.258. The number of nitrogens with zero attached hydrogens (tertiary/aromatic N) is 3. The number of hydrogen-bond acceptors (Lipinski definition) is 7. The van der Waals surface area contributed by atoms with E-state index in [0.29, 0.717) is 56.5 Å². The number of allylic oxidation sites excluding steroid dienone is 4. The lowest BCUT2D eigenvalue weighted by atomic mass is 9.95. The molecule has 198 valence electrons. The molecular weight excluding hydrogens is 515 g/mol. The summed E-state index contributed by atoms with van der Waals surface area (Å²) < 4.78 is 68.0. The van der Waals surface area contributed by atoms with Gasteiger partial charge in [0.25, 0.3) is 0 Å². The molecule has 3 atom stereocenters. The third-order valence-electron chi connectivity index (χ3n) is 7.05. The highest BCUT2D eigenvalue weighted by Gasteiger charge is 2.51. The van der Waals surface area contributed by atoms with Gasteiger partial charge < -0.3 is 15.1 Å². The highest BCUT2D eigenvalue weighted by Crippen LogP contribution is 2.39. The van der Waals surface area contributed by atoms with Crippen LogP contribution in [0.15, 0.2) is 47.4 Å². The standard InChI is InChI=1S/C24H30F3N3O4S2/c1-23(32,24(25,26)27)17-6-8-18(9-7-17)30-13-12-29(15-19(30)14-28-11-10-20(31)16-28)36(33,34)22-5-3-2-4-21(22)35/h2-3,5-9,19-20,31-32H,4,10-16H2,1H3/t19-,20+,23-/m0/s1. The largest absolute Gasteiger partial charge is 0.421 e. The van der Waals surface area contributed by atoms with Crippen molar-refractivity contribution in [1.82, 2.24) is 9.21 Å². The molecule has 0 bridgehead atoms. The molecule has 0 spiro atoms. The minimum absolute atomic E-state index is 0.127. The average molecular weight is 546 g/mol. The maximum atomic E-state index is 13.4. The molecule has 4 rings (SSSR count). The first kappa shape index (κ1) is 27.2. The van der Waals surface area contributed by atoms with Crippen LogP contribution in [0.5, 0.6) is 0 Å². The zero-order chi connectivity index (χ0) is 26.3. The van der Waals surface area contributed by atoms with Gasteiger partial charge >= 0.3 is 6.18 Å². The molecule has 12 heteroatoms. The Balaban J connectivity index is 1.59. The molecule has 2 aliphatic heterocycles. The summed E-state index contributed by atoms with van der Waals surface area (Å²) in [5.41, 5.74) is -2.62. The number of thiocarbonyl (C=S) groups is 1.